The van der Waals surface area contributed by atoms with Crippen LogP contribution < -0.4 is 10.6 Å². The van der Waals surface area contributed by atoms with Crippen LogP contribution in [0.4, 0.5) is 0 Å². The summed E-state index contributed by atoms with van der Waals surface area (Å²) in [5, 5.41) is 6.74. The van der Waals surface area contributed by atoms with E-state index in [4.69, 9.17) is 0 Å². The molecule has 3 nitrogen and oxygen atoms in total. The molecule has 1 aromatic rings. The van der Waals surface area contributed by atoms with Gasteiger partial charge in [-0.15, -0.1) is 0 Å². The van der Waals surface area contributed by atoms with E-state index in [0.29, 0.717) is 6.04 Å². The Morgan fingerprint density at radius 3 is 2.57 bits per heavy atom. The highest BCUT2D eigenvalue weighted by Gasteiger charge is 2.33. The number of hydrogen-bond donors (Lipinski definition) is 2. The molecule has 1 unspecified atom stereocenters. The highest BCUT2D eigenvalue weighted by atomic mass is 16.1. The largest absolute Gasteiger partial charge is 0.354 e. The molecule has 1 aliphatic carbocycles. The maximum atomic E-state index is 12.4. The molecular formula is C18H26N2O. The van der Waals surface area contributed by atoms with Gasteiger partial charge in [0.1, 0.15) is 0 Å². The average molecular weight is 286 g/mol. The fraction of sp³-hybridized carbons (Fsp3) is 0.611. The summed E-state index contributed by atoms with van der Waals surface area (Å²) in [7, 11) is 0. The second-order valence-corrected chi connectivity index (χ2v) is 7.22. The van der Waals surface area contributed by atoms with E-state index in [0.717, 1.165) is 25.9 Å². The van der Waals surface area contributed by atoms with E-state index in [1.54, 1.807) is 0 Å². The molecule has 1 heterocycles. The molecule has 0 bridgehead atoms. The summed E-state index contributed by atoms with van der Waals surface area (Å²) < 4.78 is 0. The summed E-state index contributed by atoms with van der Waals surface area (Å²) >= 11 is 0. The molecular weight excluding hydrogens is 260 g/mol. The molecule has 2 N–H and O–H groups in total. The van der Waals surface area contributed by atoms with E-state index in [-0.39, 0.29) is 17.2 Å². The number of carbonyl (C=O) groups excluding carboxylic acids is 1. The Bertz CT molecular complexity index is 499. The molecule has 0 radical (unpaired) electrons. The first kappa shape index (κ1) is 14.6. The molecule has 21 heavy (non-hydrogen) atoms. The molecule has 0 saturated carbocycles. The zero-order chi connectivity index (χ0) is 14.9. The highest BCUT2D eigenvalue weighted by molar-refractivity contribution is 5.80. The first-order chi connectivity index (χ1) is 10.1. The van der Waals surface area contributed by atoms with E-state index in [1.807, 2.05) is 0 Å². The van der Waals surface area contributed by atoms with Crippen molar-refractivity contribution in [2.75, 3.05) is 13.1 Å². The van der Waals surface area contributed by atoms with Gasteiger partial charge >= 0.3 is 0 Å². The van der Waals surface area contributed by atoms with Crippen LogP contribution in [0.25, 0.3) is 0 Å². The minimum absolute atomic E-state index is 0.120. The third-order valence-corrected chi connectivity index (χ3v) is 5.23. The van der Waals surface area contributed by atoms with Gasteiger partial charge in [-0.25, -0.2) is 0 Å². The number of piperidine rings is 1. The highest BCUT2D eigenvalue weighted by Crippen LogP contribution is 2.30. The Kier molecular flexibility index (Phi) is 4.03. The van der Waals surface area contributed by atoms with Gasteiger partial charge in [-0.1, -0.05) is 38.1 Å². The van der Waals surface area contributed by atoms with Gasteiger partial charge in [0.2, 0.25) is 5.91 Å². The van der Waals surface area contributed by atoms with Crippen molar-refractivity contribution in [1.82, 2.24) is 10.6 Å². The Morgan fingerprint density at radius 1 is 1.29 bits per heavy atom. The zero-order valence-electron chi connectivity index (χ0n) is 13.1. The lowest BCUT2D eigenvalue weighted by atomic mass is 9.77. The molecule has 1 saturated heterocycles. The summed E-state index contributed by atoms with van der Waals surface area (Å²) in [6.45, 7) is 6.40. The number of carbonyl (C=O) groups is 1. The average Bonchev–Trinajstić information content (AvgIpc) is 2.89. The molecule has 0 spiro atoms. The number of benzene rings is 1. The maximum Gasteiger partial charge on any atom is 0.223 e. The first-order valence-electron chi connectivity index (χ1n) is 8.14. The lowest BCUT2D eigenvalue weighted by molar-refractivity contribution is -0.125. The van der Waals surface area contributed by atoms with E-state index >= 15 is 0 Å². The second kappa shape index (κ2) is 5.80. The van der Waals surface area contributed by atoms with E-state index in [9.17, 15) is 4.79 Å². The molecule has 1 atom stereocenters. The Balaban J connectivity index is 1.54. The van der Waals surface area contributed by atoms with Crippen LogP contribution in [0.5, 0.6) is 0 Å². The Morgan fingerprint density at radius 2 is 1.95 bits per heavy atom. The van der Waals surface area contributed by atoms with Crippen LogP contribution in [0.1, 0.15) is 37.8 Å². The monoisotopic (exact) mass is 286 g/mol. The van der Waals surface area contributed by atoms with Crippen LogP contribution in [-0.2, 0) is 17.6 Å². The molecule has 3 rings (SSSR count). The second-order valence-electron chi connectivity index (χ2n) is 7.22. The molecule has 114 valence electrons. The number of nitrogens with one attached hydrogen (secondary N) is 2. The normalized spacial score (nSPS) is 24.6. The SMILES string of the molecule is CC1(C)CCCNC1CNC(=O)C1Cc2ccccc2C1. The van der Waals surface area contributed by atoms with E-state index in [1.165, 1.54) is 24.0 Å². The molecule has 1 amide bonds. The smallest absolute Gasteiger partial charge is 0.223 e. The van der Waals surface area contributed by atoms with Gasteiger partial charge in [0, 0.05) is 18.5 Å². The number of amides is 1. The van der Waals surface area contributed by atoms with Gasteiger partial charge in [0.15, 0.2) is 0 Å². The van der Waals surface area contributed by atoms with Gasteiger partial charge in [0.25, 0.3) is 0 Å². The summed E-state index contributed by atoms with van der Waals surface area (Å²) in [6.07, 6.45) is 4.25. The van der Waals surface area contributed by atoms with Gasteiger partial charge in [-0.05, 0) is 48.8 Å². The minimum atomic E-state index is 0.120. The van der Waals surface area contributed by atoms with Crippen molar-refractivity contribution in [2.45, 2.75) is 45.6 Å². The van der Waals surface area contributed by atoms with Crippen molar-refractivity contribution in [1.29, 1.82) is 0 Å². The summed E-state index contributed by atoms with van der Waals surface area (Å²) in [6, 6.07) is 8.81. The standard InChI is InChI=1S/C18H26N2O/c1-18(2)8-5-9-19-16(18)12-20-17(21)15-10-13-6-3-4-7-14(13)11-15/h3-4,6-7,15-16,19H,5,8-12H2,1-2H3,(H,20,21). The van der Waals surface area contributed by atoms with Crippen molar-refractivity contribution < 1.29 is 4.79 Å². The number of hydrogen-bond acceptors (Lipinski definition) is 2. The van der Waals surface area contributed by atoms with E-state index in [2.05, 4.69) is 48.7 Å². The van der Waals surface area contributed by atoms with Crippen LogP contribution in [0.2, 0.25) is 0 Å². The third kappa shape index (κ3) is 3.13. The summed E-state index contributed by atoms with van der Waals surface area (Å²) in [4.78, 5) is 12.4. The Hall–Kier alpha value is -1.35. The third-order valence-electron chi connectivity index (χ3n) is 5.23. The van der Waals surface area contributed by atoms with Crippen LogP contribution in [-0.4, -0.2) is 25.0 Å². The van der Waals surface area contributed by atoms with Crippen LogP contribution in [0, 0.1) is 11.3 Å². The van der Waals surface area contributed by atoms with E-state index < -0.39 is 0 Å². The predicted octanol–water partition coefficient (Wildman–Crippen LogP) is 2.30. The Labute approximate surface area is 127 Å². The fourth-order valence-electron chi connectivity index (χ4n) is 3.71. The topological polar surface area (TPSA) is 41.1 Å². The van der Waals surface area contributed by atoms with Crippen molar-refractivity contribution in [3.05, 3.63) is 35.4 Å². The van der Waals surface area contributed by atoms with Crippen molar-refractivity contribution in [3.63, 3.8) is 0 Å². The molecule has 1 aliphatic heterocycles. The van der Waals surface area contributed by atoms with Gasteiger partial charge in [-0.3, -0.25) is 4.79 Å². The van der Waals surface area contributed by atoms with Crippen molar-refractivity contribution in [2.24, 2.45) is 11.3 Å². The quantitative estimate of drug-likeness (QED) is 0.895. The lowest BCUT2D eigenvalue weighted by Crippen LogP contribution is -2.53. The molecule has 0 aromatic heterocycles. The van der Waals surface area contributed by atoms with Gasteiger partial charge in [-0.2, -0.15) is 0 Å². The van der Waals surface area contributed by atoms with Crippen LogP contribution in [0.15, 0.2) is 24.3 Å². The van der Waals surface area contributed by atoms with Gasteiger partial charge in [0.05, 0.1) is 0 Å². The van der Waals surface area contributed by atoms with Gasteiger partial charge < -0.3 is 10.6 Å². The van der Waals surface area contributed by atoms with Crippen molar-refractivity contribution >= 4 is 5.91 Å². The predicted molar refractivity (Wildman–Crippen MR) is 85.2 cm³/mol. The zero-order valence-corrected chi connectivity index (χ0v) is 13.1. The number of rotatable bonds is 3. The molecule has 2 aliphatic rings. The fourth-order valence-corrected chi connectivity index (χ4v) is 3.71. The first-order valence-corrected chi connectivity index (χ1v) is 8.14. The molecule has 3 heteroatoms. The molecule has 1 fully saturated rings. The maximum absolute atomic E-state index is 12.4. The minimum Gasteiger partial charge on any atom is -0.354 e. The summed E-state index contributed by atoms with van der Waals surface area (Å²) in [5.74, 6) is 0.337. The lowest BCUT2D eigenvalue weighted by Gasteiger charge is -2.39. The molecule has 1 aromatic carbocycles. The number of fused-ring (bicyclic) bond motifs is 1. The van der Waals surface area contributed by atoms with Crippen LogP contribution >= 0.6 is 0 Å². The summed E-state index contributed by atoms with van der Waals surface area (Å²) in [5.41, 5.74) is 2.95. The van der Waals surface area contributed by atoms with Crippen molar-refractivity contribution in [3.8, 4) is 0 Å². The van der Waals surface area contributed by atoms with Crippen LogP contribution in [0.3, 0.4) is 0 Å².